The molecule has 1 aliphatic rings. The average Bonchev–Trinajstić information content (AvgIpc) is 2.56. The van der Waals surface area contributed by atoms with Crippen molar-refractivity contribution in [2.24, 2.45) is 5.92 Å². The molecule has 1 nitrogen and oxygen atoms in total. The van der Waals surface area contributed by atoms with Crippen molar-refractivity contribution in [2.45, 2.75) is 43.4 Å². The fourth-order valence-electron chi connectivity index (χ4n) is 2.42. The van der Waals surface area contributed by atoms with Crippen molar-refractivity contribution in [1.29, 1.82) is 0 Å². The Labute approximate surface area is 114 Å². The number of ketones is 1. The summed E-state index contributed by atoms with van der Waals surface area (Å²) in [7, 11) is 0. The SMILES string of the molecule is C=C(CC1CCCCCC1=O)Sc1ccccc1. The van der Waals surface area contributed by atoms with Gasteiger partial charge in [-0.3, -0.25) is 4.79 Å². The Morgan fingerprint density at radius 3 is 2.78 bits per heavy atom. The maximum Gasteiger partial charge on any atom is 0.136 e. The Morgan fingerprint density at radius 2 is 2.00 bits per heavy atom. The van der Waals surface area contributed by atoms with Crippen molar-refractivity contribution in [3.05, 3.63) is 41.8 Å². The first kappa shape index (κ1) is 13.4. The molecule has 1 atom stereocenters. The van der Waals surface area contributed by atoms with Crippen molar-refractivity contribution in [3.8, 4) is 0 Å². The molecule has 2 rings (SSSR count). The van der Waals surface area contributed by atoms with E-state index in [1.165, 1.54) is 17.7 Å². The zero-order valence-electron chi connectivity index (χ0n) is 10.7. The Hall–Kier alpha value is -1.02. The lowest BCUT2D eigenvalue weighted by atomic mass is 9.95. The number of thioether (sulfide) groups is 1. The monoisotopic (exact) mass is 260 g/mol. The summed E-state index contributed by atoms with van der Waals surface area (Å²) in [5.41, 5.74) is 0. The minimum atomic E-state index is 0.219. The van der Waals surface area contributed by atoms with E-state index < -0.39 is 0 Å². The van der Waals surface area contributed by atoms with Crippen molar-refractivity contribution in [2.75, 3.05) is 0 Å². The van der Waals surface area contributed by atoms with Crippen molar-refractivity contribution >= 4 is 17.5 Å². The third-order valence-electron chi connectivity index (χ3n) is 3.41. The summed E-state index contributed by atoms with van der Waals surface area (Å²) in [5.74, 6) is 0.665. The lowest BCUT2D eigenvalue weighted by Crippen LogP contribution is -2.12. The topological polar surface area (TPSA) is 17.1 Å². The second-order valence-corrected chi connectivity index (χ2v) is 6.17. The van der Waals surface area contributed by atoms with Crippen molar-refractivity contribution < 1.29 is 4.79 Å². The van der Waals surface area contributed by atoms with Gasteiger partial charge in [0.1, 0.15) is 5.78 Å². The number of carbonyl (C=O) groups excluding carboxylic acids is 1. The van der Waals surface area contributed by atoms with Crippen LogP contribution in [0.3, 0.4) is 0 Å². The molecule has 0 bridgehead atoms. The minimum absolute atomic E-state index is 0.219. The van der Waals surface area contributed by atoms with E-state index >= 15 is 0 Å². The van der Waals surface area contributed by atoms with Gasteiger partial charge in [0.05, 0.1) is 0 Å². The predicted octanol–water partition coefficient (Wildman–Crippen LogP) is 4.83. The highest BCUT2D eigenvalue weighted by atomic mass is 32.2. The van der Waals surface area contributed by atoms with Gasteiger partial charge in [0.25, 0.3) is 0 Å². The zero-order chi connectivity index (χ0) is 12.8. The first-order valence-electron chi connectivity index (χ1n) is 6.69. The number of hydrogen-bond donors (Lipinski definition) is 0. The van der Waals surface area contributed by atoms with Crippen LogP contribution < -0.4 is 0 Å². The summed E-state index contributed by atoms with van der Waals surface area (Å²) in [6.07, 6.45) is 6.15. The third-order valence-corrected chi connectivity index (χ3v) is 4.37. The number of rotatable bonds is 4. The van der Waals surface area contributed by atoms with E-state index in [0.717, 1.165) is 30.6 Å². The molecule has 1 aromatic carbocycles. The summed E-state index contributed by atoms with van der Waals surface area (Å²) in [4.78, 5) is 14.3. The Bertz CT molecular complexity index is 410. The molecule has 1 saturated carbocycles. The molecule has 1 unspecified atom stereocenters. The second kappa shape index (κ2) is 6.79. The number of benzene rings is 1. The van der Waals surface area contributed by atoms with Crippen LogP contribution >= 0.6 is 11.8 Å². The fraction of sp³-hybridized carbons (Fsp3) is 0.438. The first-order valence-corrected chi connectivity index (χ1v) is 7.51. The van der Waals surface area contributed by atoms with E-state index in [0.29, 0.717) is 5.78 Å². The molecule has 0 aliphatic heterocycles. The van der Waals surface area contributed by atoms with Crippen LogP contribution in [0.1, 0.15) is 38.5 Å². The van der Waals surface area contributed by atoms with Gasteiger partial charge in [0, 0.05) is 17.2 Å². The Kier molecular flexibility index (Phi) is 5.06. The highest BCUT2D eigenvalue weighted by Gasteiger charge is 2.21. The normalized spacial score (nSPS) is 20.4. The van der Waals surface area contributed by atoms with Crippen LogP contribution in [0.4, 0.5) is 0 Å². The molecule has 96 valence electrons. The summed E-state index contributed by atoms with van der Waals surface area (Å²) in [6.45, 7) is 4.12. The minimum Gasteiger partial charge on any atom is -0.299 e. The molecule has 0 spiro atoms. The van der Waals surface area contributed by atoms with Gasteiger partial charge < -0.3 is 0 Å². The summed E-state index contributed by atoms with van der Waals surface area (Å²) in [6, 6.07) is 10.3. The maximum atomic E-state index is 12.0. The molecule has 2 heteroatoms. The smallest absolute Gasteiger partial charge is 0.136 e. The molecule has 1 aromatic rings. The molecule has 0 aromatic heterocycles. The zero-order valence-corrected chi connectivity index (χ0v) is 11.5. The number of allylic oxidation sites excluding steroid dienone is 1. The van der Waals surface area contributed by atoms with Crippen LogP contribution in [0.2, 0.25) is 0 Å². The number of hydrogen-bond acceptors (Lipinski definition) is 2. The molecule has 0 N–H and O–H groups in total. The van der Waals surface area contributed by atoms with Crippen molar-refractivity contribution in [3.63, 3.8) is 0 Å². The highest BCUT2D eigenvalue weighted by Crippen LogP contribution is 2.33. The van der Waals surface area contributed by atoms with Crippen LogP contribution in [0.5, 0.6) is 0 Å². The molecule has 0 heterocycles. The van der Waals surface area contributed by atoms with Gasteiger partial charge in [-0.1, -0.05) is 49.4 Å². The van der Waals surface area contributed by atoms with E-state index in [2.05, 4.69) is 18.7 Å². The molecular formula is C16H20OS. The van der Waals surface area contributed by atoms with Crippen LogP contribution in [-0.4, -0.2) is 5.78 Å². The lowest BCUT2D eigenvalue weighted by Gasteiger charge is -2.14. The molecule has 0 radical (unpaired) electrons. The van der Waals surface area contributed by atoms with Gasteiger partial charge in [-0.2, -0.15) is 0 Å². The van der Waals surface area contributed by atoms with E-state index in [4.69, 9.17) is 0 Å². The van der Waals surface area contributed by atoms with Gasteiger partial charge >= 0.3 is 0 Å². The molecule has 1 aliphatic carbocycles. The first-order chi connectivity index (χ1) is 8.75. The summed E-state index contributed by atoms with van der Waals surface area (Å²) >= 11 is 1.70. The standard InChI is InChI=1S/C16H20OS/c1-13(18-15-9-5-3-6-10-15)12-14-8-4-2-7-11-16(14)17/h3,5-6,9-10,14H,1-2,4,7-8,11-12H2. The van der Waals surface area contributed by atoms with Crippen LogP contribution in [0.15, 0.2) is 46.7 Å². The lowest BCUT2D eigenvalue weighted by molar-refractivity contribution is -0.122. The number of Topliss-reactive ketones (excluding diaryl/α,β-unsaturated/α-hetero) is 1. The van der Waals surface area contributed by atoms with E-state index in [9.17, 15) is 4.79 Å². The molecular weight excluding hydrogens is 240 g/mol. The number of carbonyl (C=O) groups is 1. The average molecular weight is 260 g/mol. The van der Waals surface area contributed by atoms with Gasteiger partial charge in [0.15, 0.2) is 0 Å². The van der Waals surface area contributed by atoms with Crippen molar-refractivity contribution in [1.82, 2.24) is 0 Å². The molecule has 18 heavy (non-hydrogen) atoms. The molecule has 1 fully saturated rings. The predicted molar refractivity (Wildman–Crippen MR) is 77.6 cm³/mol. The Morgan fingerprint density at radius 1 is 1.22 bits per heavy atom. The van der Waals surface area contributed by atoms with Gasteiger partial charge in [-0.15, -0.1) is 0 Å². The van der Waals surface area contributed by atoms with Gasteiger partial charge in [-0.05, 0) is 36.3 Å². The third kappa shape index (κ3) is 4.02. The summed E-state index contributed by atoms with van der Waals surface area (Å²) < 4.78 is 0. The maximum absolute atomic E-state index is 12.0. The fourth-order valence-corrected chi connectivity index (χ4v) is 3.33. The molecule has 0 saturated heterocycles. The molecule has 0 amide bonds. The van der Waals surface area contributed by atoms with Gasteiger partial charge in [-0.25, -0.2) is 0 Å². The van der Waals surface area contributed by atoms with Crippen LogP contribution in [0, 0.1) is 5.92 Å². The quantitative estimate of drug-likeness (QED) is 0.569. The van der Waals surface area contributed by atoms with E-state index in [1.807, 2.05) is 18.2 Å². The highest BCUT2D eigenvalue weighted by molar-refractivity contribution is 8.03. The van der Waals surface area contributed by atoms with E-state index in [-0.39, 0.29) is 5.92 Å². The van der Waals surface area contributed by atoms with E-state index in [1.54, 1.807) is 11.8 Å². The second-order valence-electron chi connectivity index (χ2n) is 4.92. The van der Waals surface area contributed by atoms with Crippen LogP contribution in [0.25, 0.3) is 0 Å². The Balaban J connectivity index is 1.88. The largest absolute Gasteiger partial charge is 0.299 e. The van der Waals surface area contributed by atoms with Crippen LogP contribution in [-0.2, 0) is 4.79 Å². The summed E-state index contributed by atoms with van der Waals surface area (Å²) in [5, 5.41) is 0. The van der Waals surface area contributed by atoms with Gasteiger partial charge in [0.2, 0.25) is 0 Å².